The van der Waals surface area contributed by atoms with Gasteiger partial charge in [0.25, 0.3) is 0 Å². The zero-order chi connectivity index (χ0) is 60.9. The molecule has 1 aliphatic rings. The minimum atomic E-state index is -1.58. The van der Waals surface area contributed by atoms with Crippen molar-refractivity contribution in [2.45, 2.75) is 371 Å². The molecule has 1 rings (SSSR count). The molecule has 1 amide bonds. The summed E-state index contributed by atoms with van der Waals surface area (Å²) >= 11 is 0. The van der Waals surface area contributed by atoms with E-state index in [1.165, 1.54) is 231 Å². The van der Waals surface area contributed by atoms with Gasteiger partial charge in [0.15, 0.2) is 6.29 Å². The summed E-state index contributed by atoms with van der Waals surface area (Å²) in [6, 6.07) is -0.835. The number of carbonyl (C=O) groups excluding carboxylic acids is 2. The van der Waals surface area contributed by atoms with Crippen molar-refractivity contribution in [2.24, 2.45) is 0 Å². The number of unbranched alkanes of at least 4 members (excludes halogenated alkanes) is 40. The number of aliphatic hydroxyl groups excluding tert-OH is 5. The van der Waals surface area contributed by atoms with Gasteiger partial charge in [-0.1, -0.05) is 274 Å². The van der Waals surface area contributed by atoms with Crippen LogP contribution in [0.15, 0.2) is 60.8 Å². The van der Waals surface area contributed by atoms with Gasteiger partial charge in [0, 0.05) is 12.8 Å². The molecule has 7 atom stereocenters. The van der Waals surface area contributed by atoms with Crippen LogP contribution in [0.1, 0.15) is 328 Å². The largest absolute Gasteiger partial charge is 0.466 e. The lowest BCUT2D eigenvalue weighted by molar-refractivity contribution is -0.302. The van der Waals surface area contributed by atoms with Gasteiger partial charge in [0.1, 0.15) is 24.4 Å². The lowest BCUT2D eigenvalue weighted by atomic mass is 9.99. The van der Waals surface area contributed by atoms with E-state index in [-0.39, 0.29) is 18.5 Å². The van der Waals surface area contributed by atoms with Crippen LogP contribution in [-0.2, 0) is 23.8 Å². The fourth-order valence-electron chi connectivity index (χ4n) is 10.9. The van der Waals surface area contributed by atoms with Crippen LogP contribution in [-0.4, -0.2) is 100 Å². The maximum Gasteiger partial charge on any atom is 0.305 e. The topological polar surface area (TPSA) is 175 Å². The molecule has 0 aromatic rings. The summed E-state index contributed by atoms with van der Waals surface area (Å²) in [4.78, 5) is 25.1. The SMILES string of the molecule is CCCC/C=C\CCCCCCCC(=O)OCCCCCCCCCCCCCC/C=C\CCCCCCCCCCCCCCCCC(=O)NC(COC1OC(CO)C(O)C(O)C1O)C(O)/C=C/CC/C=C/CC/C=C/CCCCCCC. The Hall–Kier alpha value is -2.64. The van der Waals surface area contributed by atoms with Gasteiger partial charge in [-0.25, -0.2) is 0 Å². The smallest absolute Gasteiger partial charge is 0.305 e. The Labute approximate surface area is 516 Å². The second-order valence-corrected chi connectivity index (χ2v) is 24.6. The maximum absolute atomic E-state index is 13.1. The minimum absolute atomic E-state index is 0.00299. The summed E-state index contributed by atoms with van der Waals surface area (Å²) < 4.78 is 16.7. The monoisotopic (exact) mass is 1180 g/mol. The van der Waals surface area contributed by atoms with E-state index in [4.69, 9.17) is 14.2 Å². The number of aliphatic hydroxyl groups is 5. The second kappa shape index (κ2) is 62.0. The van der Waals surface area contributed by atoms with Crippen LogP contribution in [0.25, 0.3) is 0 Å². The molecule has 0 aromatic carbocycles. The van der Waals surface area contributed by atoms with E-state index in [1.807, 2.05) is 6.08 Å². The zero-order valence-corrected chi connectivity index (χ0v) is 54.4. The number of allylic oxidation sites excluding steroid dienone is 9. The Kier molecular flexibility index (Phi) is 58.6. The molecule has 0 aliphatic carbocycles. The van der Waals surface area contributed by atoms with E-state index in [1.54, 1.807) is 6.08 Å². The van der Waals surface area contributed by atoms with Gasteiger partial charge in [-0.3, -0.25) is 9.59 Å². The molecule has 0 saturated carbocycles. The first-order valence-electron chi connectivity index (χ1n) is 35.6. The first-order valence-corrected chi connectivity index (χ1v) is 35.6. The van der Waals surface area contributed by atoms with E-state index in [9.17, 15) is 35.1 Å². The predicted molar refractivity (Wildman–Crippen MR) is 352 cm³/mol. The molecule has 0 aromatic heterocycles. The van der Waals surface area contributed by atoms with Crippen LogP contribution in [0.2, 0.25) is 0 Å². The molecule has 11 nitrogen and oxygen atoms in total. The number of hydrogen-bond donors (Lipinski definition) is 6. The quantitative estimate of drug-likeness (QED) is 0.0195. The predicted octanol–water partition coefficient (Wildman–Crippen LogP) is 18.1. The third-order valence-electron chi connectivity index (χ3n) is 16.6. The van der Waals surface area contributed by atoms with Crippen LogP contribution in [0.5, 0.6) is 0 Å². The highest BCUT2D eigenvalue weighted by Gasteiger charge is 2.44. The Balaban J connectivity index is 2.01. The molecule has 490 valence electrons. The van der Waals surface area contributed by atoms with E-state index in [0.29, 0.717) is 19.4 Å². The number of esters is 1. The summed E-state index contributed by atoms with van der Waals surface area (Å²) in [6.45, 7) is 4.29. The Morgan fingerprint density at radius 3 is 1.21 bits per heavy atom. The molecule has 1 saturated heterocycles. The van der Waals surface area contributed by atoms with Crippen molar-refractivity contribution in [3.63, 3.8) is 0 Å². The third kappa shape index (κ3) is 50.4. The molecule has 6 N–H and O–H groups in total. The van der Waals surface area contributed by atoms with Crippen molar-refractivity contribution in [3.05, 3.63) is 60.8 Å². The first-order chi connectivity index (χ1) is 41.2. The van der Waals surface area contributed by atoms with E-state index in [0.717, 1.165) is 70.6 Å². The standard InChI is InChI=1S/C73H133NO10/c1-3-5-7-9-11-13-15-16-33-36-40-43-47-51-55-59-66(76)65(64-83-73-72(81)71(80)70(79)67(63-75)84-73)74-68(77)60-56-52-48-44-41-37-34-31-29-27-25-23-21-19-17-18-20-22-24-26-28-30-32-35-38-42-46-50-54-58-62-82-69(78)61-57-53-49-45-39-14-12-10-8-6-4-2/h10,12,15-16,18,20,40,43,55,59,65-67,70-73,75-76,79-81H,3-9,11,13-14,17,19,21-39,41-42,44-54,56-58,60-64H2,1-2H3,(H,74,77)/b12-10-,16-15+,20-18-,43-40+,59-55+. The van der Waals surface area contributed by atoms with Crippen LogP contribution in [0, 0.1) is 0 Å². The molecule has 0 bridgehead atoms. The van der Waals surface area contributed by atoms with Crippen LogP contribution in [0.4, 0.5) is 0 Å². The van der Waals surface area contributed by atoms with Crippen molar-refractivity contribution in [3.8, 4) is 0 Å². The lowest BCUT2D eigenvalue weighted by Gasteiger charge is -2.40. The average molecular weight is 1180 g/mol. The summed E-state index contributed by atoms with van der Waals surface area (Å²) in [7, 11) is 0. The highest BCUT2D eigenvalue weighted by molar-refractivity contribution is 5.76. The summed E-state index contributed by atoms with van der Waals surface area (Å²) in [6.07, 6.45) is 72.1. The Morgan fingerprint density at radius 2 is 0.786 bits per heavy atom. The molecule has 11 heteroatoms. The molecular formula is C73H133NO10. The van der Waals surface area contributed by atoms with Crippen molar-refractivity contribution in [2.75, 3.05) is 19.8 Å². The van der Waals surface area contributed by atoms with Gasteiger partial charge >= 0.3 is 5.97 Å². The normalized spacial score (nSPS) is 18.4. The van der Waals surface area contributed by atoms with Crippen molar-refractivity contribution < 1.29 is 49.3 Å². The lowest BCUT2D eigenvalue weighted by Crippen LogP contribution is -2.60. The fourth-order valence-corrected chi connectivity index (χ4v) is 10.9. The molecule has 7 unspecified atom stereocenters. The molecule has 84 heavy (non-hydrogen) atoms. The molecule has 1 heterocycles. The number of nitrogens with one attached hydrogen (secondary N) is 1. The molecule has 1 fully saturated rings. The summed E-state index contributed by atoms with van der Waals surface area (Å²) in [5, 5.41) is 54.5. The summed E-state index contributed by atoms with van der Waals surface area (Å²) in [5.41, 5.74) is 0. The minimum Gasteiger partial charge on any atom is -0.466 e. The molecule has 1 aliphatic heterocycles. The van der Waals surface area contributed by atoms with Gasteiger partial charge in [-0.2, -0.15) is 0 Å². The fraction of sp³-hybridized carbons (Fsp3) is 0.836. The Bertz CT molecular complexity index is 1580. The number of ether oxygens (including phenoxy) is 3. The van der Waals surface area contributed by atoms with E-state index < -0.39 is 49.5 Å². The zero-order valence-electron chi connectivity index (χ0n) is 54.4. The van der Waals surface area contributed by atoms with Gasteiger partial charge in [0.05, 0.1) is 32.0 Å². The highest BCUT2D eigenvalue weighted by Crippen LogP contribution is 2.23. The number of hydrogen-bond acceptors (Lipinski definition) is 10. The summed E-state index contributed by atoms with van der Waals surface area (Å²) in [5.74, 6) is -0.197. The highest BCUT2D eigenvalue weighted by atomic mass is 16.7. The van der Waals surface area contributed by atoms with Crippen LogP contribution in [0.3, 0.4) is 0 Å². The average Bonchev–Trinajstić information content (AvgIpc) is 3.65. The molecular weight excluding hydrogens is 1050 g/mol. The number of carbonyl (C=O) groups is 2. The number of rotatable bonds is 62. The van der Waals surface area contributed by atoms with Crippen molar-refractivity contribution in [1.82, 2.24) is 5.32 Å². The van der Waals surface area contributed by atoms with Crippen LogP contribution >= 0.6 is 0 Å². The van der Waals surface area contributed by atoms with Crippen LogP contribution < -0.4 is 5.32 Å². The number of amides is 1. The van der Waals surface area contributed by atoms with E-state index in [2.05, 4.69) is 67.8 Å². The third-order valence-corrected chi connectivity index (χ3v) is 16.6. The van der Waals surface area contributed by atoms with Gasteiger partial charge in [-0.05, 0) is 103 Å². The van der Waals surface area contributed by atoms with Gasteiger partial charge in [-0.15, -0.1) is 0 Å². The van der Waals surface area contributed by atoms with Gasteiger partial charge in [0.2, 0.25) is 5.91 Å². The molecule has 0 spiro atoms. The van der Waals surface area contributed by atoms with Crippen molar-refractivity contribution in [1.29, 1.82) is 0 Å². The maximum atomic E-state index is 13.1. The van der Waals surface area contributed by atoms with Crippen molar-refractivity contribution >= 4 is 11.9 Å². The Morgan fingerprint density at radius 1 is 0.429 bits per heavy atom. The molecule has 0 radical (unpaired) electrons. The van der Waals surface area contributed by atoms with E-state index >= 15 is 0 Å². The van der Waals surface area contributed by atoms with Gasteiger partial charge < -0.3 is 45.1 Å². The second-order valence-electron chi connectivity index (χ2n) is 24.6. The first kappa shape index (κ1) is 79.4.